The van der Waals surface area contributed by atoms with E-state index < -0.39 is 0 Å². The number of aryl methyl sites for hydroxylation is 1. The van der Waals surface area contributed by atoms with E-state index >= 15 is 0 Å². The van der Waals surface area contributed by atoms with Crippen molar-refractivity contribution < 1.29 is 9.53 Å². The molecule has 0 aliphatic carbocycles. The second-order valence-corrected chi connectivity index (χ2v) is 6.91. The van der Waals surface area contributed by atoms with Gasteiger partial charge in [-0.2, -0.15) is 0 Å². The number of aromatic nitrogens is 2. The summed E-state index contributed by atoms with van der Waals surface area (Å²) >= 11 is 0. The van der Waals surface area contributed by atoms with Gasteiger partial charge in [-0.25, -0.2) is 4.98 Å². The number of ether oxygens (including phenoxy) is 1. The lowest BCUT2D eigenvalue weighted by Gasteiger charge is -2.27. The van der Waals surface area contributed by atoms with Crippen LogP contribution < -0.4 is 5.32 Å². The number of nitrogens with one attached hydrogen (secondary N) is 1. The van der Waals surface area contributed by atoms with Crippen molar-refractivity contribution in [2.75, 3.05) is 31.6 Å². The maximum Gasteiger partial charge on any atom is 0.256 e. The van der Waals surface area contributed by atoms with Crippen LogP contribution in [0.5, 0.6) is 0 Å². The predicted octanol–water partition coefficient (Wildman–Crippen LogP) is 3.17. The van der Waals surface area contributed by atoms with Crippen molar-refractivity contribution in [3.63, 3.8) is 0 Å². The Morgan fingerprint density at radius 3 is 2.64 bits per heavy atom. The number of para-hydroxylation sites is 1. The first kappa shape index (κ1) is 18.4. The van der Waals surface area contributed by atoms with Crippen LogP contribution in [-0.2, 0) is 18.3 Å². The maximum atomic E-state index is 13.1. The van der Waals surface area contributed by atoms with E-state index in [1.807, 2.05) is 60.3 Å². The number of anilines is 1. The van der Waals surface area contributed by atoms with Gasteiger partial charge in [0.1, 0.15) is 5.82 Å². The zero-order valence-electron chi connectivity index (χ0n) is 16.0. The van der Waals surface area contributed by atoms with Crippen molar-refractivity contribution in [3.05, 3.63) is 72.1 Å². The van der Waals surface area contributed by atoms with Gasteiger partial charge in [-0.15, -0.1) is 0 Å². The average molecular weight is 376 g/mol. The molecule has 4 rings (SSSR count). The summed E-state index contributed by atoms with van der Waals surface area (Å²) in [6, 6.07) is 15.5. The van der Waals surface area contributed by atoms with E-state index in [0.29, 0.717) is 5.56 Å². The molecule has 1 aromatic heterocycles. The molecule has 1 aliphatic heterocycles. The van der Waals surface area contributed by atoms with Gasteiger partial charge in [0.15, 0.2) is 0 Å². The van der Waals surface area contributed by atoms with Gasteiger partial charge in [-0.05, 0) is 17.7 Å². The number of carbonyl (C=O) groups is 1. The summed E-state index contributed by atoms with van der Waals surface area (Å²) < 4.78 is 7.34. The second kappa shape index (κ2) is 8.37. The van der Waals surface area contributed by atoms with Crippen LogP contribution in [0.1, 0.15) is 15.9 Å². The molecular formula is C22H24N4O2. The third kappa shape index (κ3) is 3.98. The Morgan fingerprint density at radius 2 is 1.86 bits per heavy atom. The number of nitrogens with zero attached hydrogens (tertiary/aromatic N) is 3. The summed E-state index contributed by atoms with van der Waals surface area (Å²) in [5, 5.41) is 3.10. The van der Waals surface area contributed by atoms with E-state index in [4.69, 9.17) is 4.74 Å². The molecule has 2 aromatic carbocycles. The average Bonchev–Trinajstić information content (AvgIpc) is 3.16. The largest absolute Gasteiger partial charge is 0.379 e. The number of imidazole rings is 1. The Balaban J connectivity index is 1.58. The van der Waals surface area contributed by atoms with Crippen LogP contribution in [0.4, 0.5) is 5.69 Å². The van der Waals surface area contributed by atoms with Gasteiger partial charge in [0.05, 0.1) is 18.8 Å². The Hall–Kier alpha value is -2.96. The fourth-order valence-corrected chi connectivity index (χ4v) is 3.47. The van der Waals surface area contributed by atoms with Crippen LogP contribution in [0.15, 0.2) is 60.9 Å². The highest BCUT2D eigenvalue weighted by Gasteiger charge is 2.17. The van der Waals surface area contributed by atoms with Crippen molar-refractivity contribution in [2.45, 2.75) is 6.54 Å². The SMILES string of the molecule is Cn1ccnc1-c1ccccc1C(=O)Nc1ccccc1CN1CCOCC1. The number of hydrogen-bond acceptors (Lipinski definition) is 4. The molecular weight excluding hydrogens is 352 g/mol. The molecule has 1 amide bonds. The van der Waals surface area contributed by atoms with Crippen LogP contribution in [0, 0.1) is 0 Å². The first-order valence-electron chi connectivity index (χ1n) is 9.48. The smallest absolute Gasteiger partial charge is 0.256 e. The lowest BCUT2D eigenvalue weighted by atomic mass is 10.1. The first-order chi connectivity index (χ1) is 13.7. The molecule has 0 atom stereocenters. The molecule has 0 unspecified atom stereocenters. The highest BCUT2D eigenvalue weighted by molar-refractivity contribution is 6.08. The topological polar surface area (TPSA) is 59.4 Å². The zero-order valence-corrected chi connectivity index (χ0v) is 16.0. The summed E-state index contributed by atoms with van der Waals surface area (Å²) in [5.41, 5.74) is 3.37. The molecule has 0 spiro atoms. The molecule has 1 aliphatic rings. The van der Waals surface area contributed by atoms with Crippen molar-refractivity contribution >= 4 is 11.6 Å². The molecule has 0 saturated carbocycles. The van der Waals surface area contributed by atoms with E-state index in [9.17, 15) is 4.79 Å². The summed E-state index contributed by atoms with van der Waals surface area (Å²) in [7, 11) is 1.93. The highest BCUT2D eigenvalue weighted by Crippen LogP contribution is 2.24. The fourth-order valence-electron chi connectivity index (χ4n) is 3.47. The minimum absolute atomic E-state index is 0.131. The summed E-state index contributed by atoms with van der Waals surface area (Å²) in [5.74, 6) is 0.639. The molecule has 6 heteroatoms. The summed E-state index contributed by atoms with van der Waals surface area (Å²) in [6.07, 6.45) is 3.61. The lowest BCUT2D eigenvalue weighted by Crippen LogP contribution is -2.35. The molecule has 3 aromatic rings. The van der Waals surface area contributed by atoms with Gasteiger partial charge in [0, 0.05) is 50.3 Å². The van der Waals surface area contributed by atoms with Gasteiger partial charge in [-0.3, -0.25) is 9.69 Å². The van der Waals surface area contributed by atoms with Gasteiger partial charge >= 0.3 is 0 Å². The minimum atomic E-state index is -0.131. The van der Waals surface area contributed by atoms with E-state index in [1.165, 1.54) is 0 Å². The van der Waals surface area contributed by atoms with Crippen LogP contribution in [-0.4, -0.2) is 46.7 Å². The number of hydrogen-bond donors (Lipinski definition) is 1. The standard InChI is InChI=1S/C22H24N4O2/c1-25-11-10-23-21(25)18-7-3-4-8-19(18)22(27)24-20-9-5-2-6-17(20)16-26-12-14-28-15-13-26/h2-11H,12-16H2,1H3,(H,24,27). The number of morpholine rings is 1. The molecule has 2 heterocycles. The minimum Gasteiger partial charge on any atom is -0.379 e. The van der Waals surface area contributed by atoms with Crippen LogP contribution >= 0.6 is 0 Å². The molecule has 0 bridgehead atoms. The number of carbonyl (C=O) groups excluding carboxylic acids is 1. The second-order valence-electron chi connectivity index (χ2n) is 6.91. The molecule has 1 N–H and O–H groups in total. The zero-order chi connectivity index (χ0) is 19.3. The number of amides is 1. The fraction of sp³-hybridized carbons (Fsp3) is 0.273. The van der Waals surface area contributed by atoms with Crippen molar-refractivity contribution in [1.29, 1.82) is 0 Å². The van der Waals surface area contributed by atoms with Crippen LogP contribution in [0.3, 0.4) is 0 Å². The predicted molar refractivity (Wildman–Crippen MR) is 109 cm³/mol. The monoisotopic (exact) mass is 376 g/mol. The molecule has 6 nitrogen and oxygen atoms in total. The van der Waals surface area contributed by atoms with Crippen molar-refractivity contribution in [1.82, 2.24) is 14.5 Å². The van der Waals surface area contributed by atoms with E-state index in [1.54, 1.807) is 6.20 Å². The quantitative estimate of drug-likeness (QED) is 0.743. The normalized spacial score (nSPS) is 14.8. The molecule has 28 heavy (non-hydrogen) atoms. The first-order valence-corrected chi connectivity index (χ1v) is 9.48. The van der Waals surface area contributed by atoms with Crippen molar-refractivity contribution in [2.24, 2.45) is 7.05 Å². The van der Waals surface area contributed by atoms with Gasteiger partial charge in [-0.1, -0.05) is 36.4 Å². The Labute approximate surface area is 164 Å². The van der Waals surface area contributed by atoms with Crippen LogP contribution in [0.2, 0.25) is 0 Å². The third-order valence-electron chi connectivity index (χ3n) is 5.00. The lowest BCUT2D eigenvalue weighted by molar-refractivity contribution is 0.0342. The maximum absolute atomic E-state index is 13.1. The van der Waals surface area contributed by atoms with Crippen LogP contribution in [0.25, 0.3) is 11.4 Å². The van der Waals surface area contributed by atoms with Gasteiger partial charge < -0.3 is 14.6 Å². The summed E-state index contributed by atoms with van der Waals surface area (Å²) in [4.78, 5) is 19.8. The summed E-state index contributed by atoms with van der Waals surface area (Å²) in [6.45, 7) is 4.12. The highest BCUT2D eigenvalue weighted by atomic mass is 16.5. The number of rotatable bonds is 5. The Bertz CT molecular complexity index is 960. The van der Waals surface area contributed by atoms with E-state index in [0.717, 1.165) is 55.5 Å². The van der Waals surface area contributed by atoms with E-state index in [-0.39, 0.29) is 5.91 Å². The van der Waals surface area contributed by atoms with Gasteiger partial charge in [0.25, 0.3) is 5.91 Å². The molecule has 144 valence electrons. The number of benzene rings is 2. The van der Waals surface area contributed by atoms with Gasteiger partial charge in [0.2, 0.25) is 0 Å². The third-order valence-corrected chi connectivity index (χ3v) is 5.00. The Kier molecular flexibility index (Phi) is 5.50. The van der Waals surface area contributed by atoms with E-state index in [2.05, 4.69) is 21.3 Å². The van der Waals surface area contributed by atoms with Crippen molar-refractivity contribution in [3.8, 4) is 11.4 Å². The molecule has 0 radical (unpaired) electrons. The Morgan fingerprint density at radius 1 is 1.11 bits per heavy atom. The molecule has 1 fully saturated rings. The molecule has 1 saturated heterocycles.